The zero-order valence-electron chi connectivity index (χ0n) is 7.60. The molecule has 0 aromatic heterocycles. The second-order valence-electron chi connectivity index (χ2n) is 2.75. The number of carbonyl (C=O) groups is 1. The number of nitrogen functional groups attached to an aromatic ring is 1. The van der Waals surface area contributed by atoms with Gasteiger partial charge in [0, 0.05) is 17.8 Å². The molecule has 0 bridgehead atoms. The first kappa shape index (κ1) is 10.3. The van der Waals surface area contributed by atoms with Crippen LogP contribution in [0.15, 0.2) is 24.3 Å². The molecule has 4 heteroatoms. The van der Waals surface area contributed by atoms with E-state index in [0.717, 1.165) is 0 Å². The highest BCUT2D eigenvalue weighted by molar-refractivity contribution is 5.94. The van der Waals surface area contributed by atoms with Gasteiger partial charge in [0.05, 0.1) is 5.56 Å². The highest BCUT2D eigenvalue weighted by Gasteiger charge is 2.09. The molecule has 1 aromatic carbocycles. The van der Waals surface area contributed by atoms with Gasteiger partial charge in [0.1, 0.15) is 0 Å². The monoisotopic (exact) mass is 192 g/mol. The lowest BCUT2D eigenvalue weighted by Gasteiger charge is -2.04. The number of carboxylic acid groups (broad SMARTS) is 1. The molecule has 74 valence electrons. The molecule has 0 unspecified atom stereocenters. The van der Waals surface area contributed by atoms with Gasteiger partial charge in [-0.25, -0.2) is 4.79 Å². The van der Waals surface area contributed by atoms with Gasteiger partial charge in [-0.1, -0.05) is 18.2 Å². The maximum atomic E-state index is 10.8. The van der Waals surface area contributed by atoms with Crippen molar-refractivity contribution in [3.05, 3.63) is 35.4 Å². The Bertz CT molecular complexity index is 372. The van der Waals surface area contributed by atoms with Gasteiger partial charge in [-0.2, -0.15) is 0 Å². The van der Waals surface area contributed by atoms with E-state index in [1.165, 1.54) is 6.07 Å². The van der Waals surface area contributed by atoms with E-state index in [1.807, 2.05) is 0 Å². The molecule has 0 saturated heterocycles. The molecule has 1 rings (SSSR count). The fraction of sp³-hybridized carbons (Fsp3) is 0.100. The summed E-state index contributed by atoms with van der Waals surface area (Å²) in [7, 11) is 0. The summed E-state index contributed by atoms with van der Waals surface area (Å²) in [5.41, 5.74) is 12.1. The van der Waals surface area contributed by atoms with Crippen LogP contribution >= 0.6 is 0 Å². The van der Waals surface area contributed by atoms with Crippen molar-refractivity contribution in [2.75, 3.05) is 12.3 Å². The fourth-order valence-electron chi connectivity index (χ4n) is 1.14. The first-order chi connectivity index (χ1) is 6.66. The molecule has 0 radical (unpaired) electrons. The van der Waals surface area contributed by atoms with Gasteiger partial charge in [0.15, 0.2) is 0 Å². The Morgan fingerprint density at radius 3 is 2.79 bits per heavy atom. The Morgan fingerprint density at radius 2 is 2.21 bits per heavy atom. The van der Waals surface area contributed by atoms with E-state index >= 15 is 0 Å². The average Bonchev–Trinajstić information content (AvgIpc) is 2.15. The second-order valence-corrected chi connectivity index (χ2v) is 2.75. The van der Waals surface area contributed by atoms with Crippen molar-refractivity contribution in [3.8, 4) is 0 Å². The Balaban J connectivity index is 3.22. The van der Waals surface area contributed by atoms with Crippen LogP contribution in [0.5, 0.6) is 0 Å². The molecule has 0 heterocycles. The van der Waals surface area contributed by atoms with Crippen LogP contribution in [0.1, 0.15) is 15.9 Å². The number of rotatable bonds is 3. The second kappa shape index (κ2) is 4.43. The van der Waals surface area contributed by atoms with E-state index < -0.39 is 5.97 Å². The molecule has 0 saturated carbocycles. The van der Waals surface area contributed by atoms with E-state index in [0.29, 0.717) is 17.8 Å². The fourth-order valence-corrected chi connectivity index (χ4v) is 1.14. The van der Waals surface area contributed by atoms with Crippen molar-refractivity contribution in [1.82, 2.24) is 0 Å². The zero-order chi connectivity index (χ0) is 10.6. The number of benzene rings is 1. The van der Waals surface area contributed by atoms with Crippen LogP contribution in [0.25, 0.3) is 6.08 Å². The minimum Gasteiger partial charge on any atom is -0.478 e. The molecule has 14 heavy (non-hydrogen) atoms. The van der Waals surface area contributed by atoms with Gasteiger partial charge in [-0.3, -0.25) is 0 Å². The zero-order valence-corrected chi connectivity index (χ0v) is 7.60. The summed E-state index contributed by atoms with van der Waals surface area (Å²) in [5.74, 6) is -0.992. The lowest BCUT2D eigenvalue weighted by atomic mass is 10.1. The molecule has 0 aliphatic rings. The first-order valence-electron chi connectivity index (χ1n) is 4.15. The van der Waals surface area contributed by atoms with E-state index in [1.54, 1.807) is 24.3 Å². The van der Waals surface area contributed by atoms with Crippen LogP contribution in [0.2, 0.25) is 0 Å². The summed E-state index contributed by atoms with van der Waals surface area (Å²) in [6.45, 7) is 0.355. The van der Waals surface area contributed by atoms with Crippen molar-refractivity contribution < 1.29 is 9.90 Å². The molecule has 0 amide bonds. The third-order valence-corrected chi connectivity index (χ3v) is 1.79. The minimum atomic E-state index is -0.992. The van der Waals surface area contributed by atoms with Crippen molar-refractivity contribution in [2.45, 2.75) is 0 Å². The summed E-state index contributed by atoms with van der Waals surface area (Å²) in [6, 6.07) is 4.77. The number of hydrogen-bond acceptors (Lipinski definition) is 3. The van der Waals surface area contributed by atoms with Crippen LogP contribution in [0, 0.1) is 0 Å². The van der Waals surface area contributed by atoms with Crippen LogP contribution in [-0.2, 0) is 0 Å². The maximum absolute atomic E-state index is 10.8. The van der Waals surface area contributed by atoms with E-state index in [9.17, 15) is 4.79 Å². The quantitative estimate of drug-likeness (QED) is 0.622. The molecule has 0 atom stereocenters. The van der Waals surface area contributed by atoms with Crippen molar-refractivity contribution >= 4 is 17.7 Å². The highest BCUT2D eigenvalue weighted by atomic mass is 16.4. The maximum Gasteiger partial charge on any atom is 0.336 e. The predicted molar refractivity (Wildman–Crippen MR) is 55.9 cm³/mol. The molecular weight excluding hydrogens is 180 g/mol. The largest absolute Gasteiger partial charge is 0.478 e. The average molecular weight is 192 g/mol. The first-order valence-corrected chi connectivity index (χ1v) is 4.15. The smallest absolute Gasteiger partial charge is 0.336 e. The van der Waals surface area contributed by atoms with Crippen LogP contribution in [-0.4, -0.2) is 17.6 Å². The molecule has 4 nitrogen and oxygen atoms in total. The van der Waals surface area contributed by atoms with Crippen LogP contribution < -0.4 is 11.5 Å². The van der Waals surface area contributed by atoms with Crippen molar-refractivity contribution in [2.24, 2.45) is 5.73 Å². The molecular formula is C10H12N2O2. The van der Waals surface area contributed by atoms with E-state index in [2.05, 4.69) is 0 Å². The predicted octanol–water partition coefficient (Wildman–Crippen LogP) is 0.939. The van der Waals surface area contributed by atoms with Gasteiger partial charge in [0.25, 0.3) is 0 Å². The number of carboxylic acids is 1. The van der Waals surface area contributed by atoms with E-state index in [4.69, 9.17) is 16.6 Å². The standard InChI is InChI=1S/C10H12N2O2/c11-6-2-4-7-8(10(13)14)3-1-5-9(7)12/h1-5H,6,11-12H2,(H,13,14). The third-order valence-electron chi connectivity index (χ3n) is 1.79. The third kappa shape index (κ3) is 2.11. The Labute approximate surface area is 81.8 Å². The Hall–Kier alpha value is -1.81. The SMILES string of the molecule is NCC=Cc1c(N)cccc1C(=O)O. The Morgan fingerprint density at radius 1 is 1.50 bits per heavy atom. The summed E-state index contributed by atoms with van der Waals surface area (Å²) < 4.78 is 0. The molecule has 0 aliphatic heterocycles. The van der Waals surface area contributed by atoms with E-state index in [-0.39, 0.29) is 5.56 Å². The number of aromatic carboxylic acids is 1. The van der Waals surface area contributed by atoms with Gasteiger partial charge in [-0.15, -0.1) is 0 Å². The summed E-state index contributed by atoms with van der Waals surface area (Å²) in [6.07, 6.45) is 3.29. The lowest BCUT2D eigenvalue weighted by Crippen LogP contribution is -2.03. The van der Waals surface area contributed by atoms with Crippen molar-refractivity contribution in [3.63, 3.8) is 0 Å². The minimum absolute atomic E-state index is 0.190. The highest BCUT2D eigenvalue weighted by Crippen LogP contribution is 2.18. The molecule has 0 fully saturated rings. The number of hydrogen-bond donors (Lipinski definition) is 3. The molecule has 1 aromatic rings. The number of nitrogens with two attached hydrogens (primary N) is 2. The van der Waals surface area contributed by atoms with Crippen molar-refractivity contribution in [1.29, 1.82) is 0 Å². The van der Waals surface area contributed by atoms with Gasteiger partial charge < -0.3 is 16.6 Å². The van der Waals surface area contributed by atoms with Crippen LogP contribution in [0.3, 0.4) is 0 Å². The van der Waals surface area contributed by atoms with Gasteiger partial charge >= 0.3 is 5.97 Å². The number of anilines is 1. The topological polar surface area (TPSA) is 89.3 Å². The van der Waals surface area contributed by atoms with Gasteiger partial charge in [-0.05, 0) is 12.1 Å². The Kier molecular flexibility index (Phi) is 3.25. The van der Waals surface area contributed by atoms with Gasteiger partial charge in [0.2, 0.25) is 0 Å². The molecule has 0 spiro atoms. The summed E-state index contributed by atoms with van der Waals surface area (Å²) in [5, 5.41) is 8.87. The summed E-state index contributed by atoms with van der Waals surface area (Å²) >= 11 is 0. The molecule has 5 N–H and O–H groups in total. The van der Waals surface area contributed by atoms with Crippen LogP contribution in [0.4, 0.5) is 5.69 Å². The lowest BCUT2D eigenvalue weighted by molar-refractivity contribution is 0.0696. The summed E-state index contributed by atoms with van der Waals surface area (Å²) in [4.78, 5) is 10.8. The normalized spacial score (nSPS) is 10.6. The molecule has 0 aliphatic carbocycles.